The summed E-state index contributed by atoms with van der Waals surface area (Å²) < 4.78 is 49.2. The maximum atomic E-state index is 12.5. The first-order chi connectivity index (χ1) is 8.27. The first-order valence-corrected chi connectivity index (χ1v) is 6.29. The summed E-state index contributed by atoms with van der Waals surface area (Å²) in [4.78, 5) is 10.7. The molecule has 0 aliphatic rings. The lowest BCUT2D eigenvalue weighted by Crippen LogP contribution is -2.25. The van der Waals surface area contributed by atoms with Gasteiger partial charge in [-0.05, 0) is 24.6 Å². The molecule has 0 radical (unpaired) electrons. The molecule has 0 aliphatic heterocycles. The van der Waals surface area contributed by atoms with Crippen molar-refractivity contribution < 1.29 is 27.3 Å². The van der Waals surface area contributed by atoms with Gasteiger partial charge in [0.1, 0.15) is 5.25 Å². The van der Waals surface area contributed by atoms with Crippen molar-refractivity contribution in [1.29, 1.82) is 0 Å². The lowest BCUT2D eigenvalue weighted by molar-refractivity contribution is -0.138. The highest BCUT2D eigenvalue weighted by Gasteiger charge is 2.32. The number of benzene rings is 1. The van der Waals surface area contributed by atoms with E-state index in [0.717, 1.165) is 18.2 Å². The number of hydrogen-bond donors (Lipinski definition) is 1. The Balaban J connectivity index is 3.11. The van der Waals surface area contributed by atoms with Gasteiger partial charge in [0.15, 0.2) is 0 Å². The van der Waals surface area contributed by atoms with Crippen LogP contribution in [0.2, 0.25) is 0 Å². The molecule has 2 atom stereocenters. The van der Waals surface area contributed by atoms with Gasteiger partial charge in [0.25, 0.3) is 0 Å². The van der Waals surface area contributed by atoms with Crippen molar-refractivity contribution in [2.24, 2.45) is 0 Å². The normalized spacial score (nSPS) is 15.1. The number of carboxylic acids is 1. The molecular weight excluding hydrogens is 269 g/mol. The van der Waals surface area contributed by atoms with Crippen LogP contribution in [0, 0.1) is 0 Å². The first-order valence-electron chi connectivity index (χ1n) is 5.08. The molecule has 18 heavy (non-hydrogen) atoms. The predicted octanol–water partition coefficient (Wildman–Crippen LogP) is 2.68. The van der Waals surface area contributed by atoms with Gasteiger partial charge in [0.05, 0.1) is 16.4 Å². The molecular formula is C11H11F3O3S. The molecule has 0 fully saturated rings. The van der Waals surface area contributed by atoms with Crippen molar-refractivity contribution in [3.63, 3.8) is 0 Å². The molecule has 0 amide bonds. The molecule has 0 bridgehead atoms. The molecule has 0 aromatic heterocycles. The van der Waals surface area contributed by atoms with E-state index in [1.807, 2.05) is 0 Å². The van der Waals surface area contributed by atoms with Gasteiger partial charge in [-0.25, -0.2) is 0 Å². The van der Waals surface area contributed by atoms with Crippen LogP contribution >= 0.6 is 0 Å². The Kier molecular flexibility index (Phi) is 4.50. The molecule has 0 spiro atoms. The van der Waals surface area contributed by atoms with Crippen LogP contribution in [0.4, 0.5) is 13.2 Å². The van der Waals surface area contributed by atoms with Gasteiger partial charge in [-0.3, -0.25) is 9.00 Å². The average molecular weight is 280 g/mol. The number of halogens is 3. The van der Waals surface area contributed by atoms with Crippen LogP contribution in [-0.4, -0.2) is 20.5 Å². The maximum absolute atomic E-state index is 12.5. The van der Waals surface area contributed by atoms with E-state index in [0.29, 0.717) is 0 Å². The Morgan fingerprint density at radius 2 is 2.06 bits per heavy atom. The summed E-state index contributed by atoms with van der Waals surface area (Å²) in [5.41, 5.74) is -0.936. The van der Waals surface area contributed by atoms with Crippen LogP contribution in [0.25, 0.3) is 0 Å². The van der Waals surface area contributed by atoms with Gasteiger partial charge in [0.2, 0.25) is 0 Å². The molecule has 1 N–H and O–H groups in total. The number of carbonyl (C=O) groups is 1. The third-order valence-corrected chi connectivity index (χ3v) is 4.07. The lowest BCUT2D eigenvalue weighted by atomic mass is 10.2. The standard InChI is InChI=1S/C11H11F3O3S/c1-2-9(10(15)16)18(17)8-5-3-4-7(6-8)11(12,13)14/h3-6,9H,2H2,1H3,(H,15,16). The Hall–Kier alpha value is -1.37. The highest BCUT2D eigenvalue weighted by molar-refractivity contribution is 7.86. The van der Waals surface area contributed by atoms with Gasteiger partial charge in [-0.15, -0.1) is 0 Å². The number of rotatable bonds is 4. The largest absolute Gasteiger partial charge is 0.480 e. The summed E-state index contributed by atoms with van der Waals surface area (Å²) in [6, 6.07) is 3.92. The fraction of sp³-hybridized carbons (Fsp3) is 0.364. The zero-order chi connectivity index (χ0) is 13.9. The monoisotopic (exact) mass is 280 g/mol. The lowest BCUT2D eigenvalue weighted by Gasteiger charge is -2.12. The number of alkyl halides is 3. The molecule has 0 aliphatic carbocycles. The predicted molar refractivity (Wildman–Crippen MR) is 59.6 cm³/mol. The number of hydrogen-bond acceptors (Lipinski definition) is 2. The molecule has 1 rings (SSSR count). The highest BCUT2D eigenvalue weighted by Crippen LogP contribution is 2.30. The zero-order valence-electron chi connectivity index (χ0n) is 9.40. The Bertz CT molecular complexity index is 471. The third-order valence-electron chi connectivity index (χ3n) is 2.30. The topological polar surface area (TPSA) is 54.4 Å². The molecule has 100 valence electrons. The van der Waals surface area contributed by atoms with Crippen LogP contribution in [0.1, 0.15) is 18.9 Å². The summed E-state index contributed by atoms with van der Waals surface area (Å²) in [5.74, 6) is -1.28. The molecule has 7 heteroatoms. The second-order valence-electron chi connectivity index (χ2n) is 3.56. The molecule has 2 unspecified atom stereocenters. The minimum atomic E-state index is -4.54. The van der Waals surface area contributed by atoms with Crippen LogP contribution in [0.5, 0.6) is 0 Å². The van der Waals surface area contributed by atoms with E-state index in [2.05, 4.69) is 0 Å². The van der Waals surface area contributed by atoms with Gasteiger partial charge < -0.3 is 5.11 Å². The van der Waals surface area contributed by atoms with E-state index in [4.69, 9.17) is 5.11 Å². The second kappa shape index (κ2) is 5.51. The quantitative estimate of drug-likeness (QED) is 0.922. The fourth-order valence-corrected chi connectivity index (χ4v) is 2.65. The van der Waals surface area contributed by atoms with Crippen molar-refractivity contribution in [1.82, 2.24) is 0 Å². The molecule has 1 aromatic rings. The zero-order valence-corrected chi connectivity index (χ0v) is 10.2. The molecule has 0 saturated heterocycles. The number of carboxylic acid groups (broad SMARTS) is 1. The van der Waals surface area contributed by atoms with E-state index in [-0.39, 0.29) is 11.3 Å². The van der Waals surface area contributed by atoms with Gasteiger partial charge in [-0.1, -0.05) is 13.0 Å². The highest BCUT2D eigenvalue weighted by atomic mass is 32.2. The van der Waals surface area contributed by atoms with E-state index >= 15 is 0 Å². The van der Waals surface area contributed by atoms with Crippen LogP contribution in [0.3, 0.4) is 0 Å². The average Bonchev–Trinajstić information content (AvgIpc) is 2.28. The van der Waals surface area contributed by atoms with Crippen molar-refractivity contribution in [2.45, 2.75) is 29.7 Å². The summed E-state index contributed by atoms with van der Waals surface area (Å²) >= 11 is 0. The van der Waals surface area contributed by atoms with Crippen molar-refractivity contribution in [3.8, 4) is 0 Å². The van der Waals surface area contributed by atoms with Crippen LogP contribution in [0.15, 0.2) is 29.2 Å². The second-order valence-corrected chi connectivity index (χ2v) is 5.19. The van der Waals surface area contributed by atoms with E-state index in [1.54, 1.807) is 0 Å². The third kappa shape index (κ3) is 3.32. The van der Waals surface area contributed by atoms with E-state index < -0.39 is 33.8 Å². The smallest absolute Gasteiger partial charge is 0.416 e. The Morgan fingerprint density at radius 3 is 2.50 bits per heavy atom. The van der Waals surface area contributed by atoms with Gasteiger partial charge >= 0.3 is 12.1 Å². The Morgan fingerprint density at radius 1 is 1.44 bits per heavy atom. The molecule has 1 aromatic carbocycles. The summed E-state index contributed by atoms with van der Waals surface area (Å²) in [7, 11) is -2.00. The summed E-state index contributed by atoms with van der Waals surface area (Å²) in [5, 5.41) is 7.62. The summed E-state index contributed by atoms with van der Waals surface area (Å²) in [6.45, 7) is 1.52. The van der Waals surface area contributed by atoms with Crippen molar-refractivity contribution >= 4 is 16.8 Å². The summed E-state index contributed by atoms with van der Waals surface area (Å²) in [6.07, 6.45) is -4.46. The van der Waals surface area contributed by atoms with Crippen molar-refractivity contribution in [3.05, 3.63) is 29.8 Å². The van der Waals surface area contributed by atoms with E-state index in [1.165, 1.54) is 13.0 Å². The first kappa shape index (κ1) is 14.7. The minimum absolute atomic E-state index is 0.0815. The maximum Gasteiger partial charge on any atom is 0.416 e. The SMILES string of the molecule is CCC(C(=O)O)S(=O)c1cccc(C(F)(F)F)c1. The molecule has 0 saturated carbocycles. The fourth-order valence-electron chi connectivity index (χ4n) is 1.38. The molecule has 3 nitrogen and oxygen atoms in total. The van der Waals surface area contributed by atoms with Crippen LogP contribution in [-0.2, 0) is 21.8 Å². The molecule has 0 heterocycles. The minimum Gasteiger partial charge on any atom is -0.480 e. The van der Waals surface area contributed by atoms with Crippen molar-refractivity contribution in [2.75, 3.05) is 0 Å². The van der Waals surface area contributed by atoms with Crippen LogP contribution < -0.4 is 0 Å². The van der Waals surface area contributed by atoms with E-state index in [9.17, 15) is 22.2 Å². The van der Waals surface area contributed by atoms with Gasteiger partial charge in [-0.2, -0.15) is 13.2 Å². The number of aliphatic carboxylic acids is 1. The Labute approximate surface area is 104 Å². The van der Waals surface area contributed by atoms with Gasteiger partial charge in [0, 0.05) is 4.90 Å².